The Bertz CT molecular complexity index is 871. The molecule has 1 amide bonds. The second kappa shape index (κ2) is 8.23. The smallest absolute Gasteiger partial charge is 0.224 e. The Kier molecular flexibility index (Phi) is 5.77. The first kappa shape index (κ1) is 18.9. The van der Waals surface area contributed by atoms with Gasteiger partial charge in [-0.05, 0) is 17.7 Å². The molecule has 7 heteroatoms. The van der Waals surface area contributed by atoms with Crippen molar-refractivity contribution in [1.29, 1.82) is 5.26 Å². The van der Waals surface area contributed by atoms with Crippen LogP contribution in [0.2, 0.25) is 0 Å². The highest BCUT2D eigenvalue weighted by Crippen LogP contribution is 2.19. The van der Waals surface area contributed by atoms with Crippen LogP contribution in [0.3, 0.4) is 0 Å². The lowest BCUT2D eigenvalue weighted by molar-refractivity contribution is -0.131. The summed E-state index contributed by atoms with van der Waals surface area (Å²) in [6, 6.07) is 10.6. The van der Waals surface area contributed by atoms with Crippen LogP contribution >= 0.6 is 0 Å². The van der Waals surface area contributed by atoms with Crippen molar-refractivity contribution in [2.75, 3.05) is 19.6 Å². The molecular formula is C20H18F3N3O. The van der Waals surface area contributed by atoms with Crippen molar-refractivity contribution in [3.05, 3.63) is 70.5 Å². The van der Waals surface area contributed by atoms with Crippen molar-refractivity contribution >= 4 is 5.91 Å². The number of carbonyl (C=O) groups is 1. The van der Waals surface area contributed by atoms with E-state index in [1.165, 1.54) is 4.90 Å². The van der Waals surface area contributed by atoms with E-state index in [0.29, 0.717) is 43.9 Å². The summed E-state index contributed by atoms with van der Waals surface area (Å²) < 4.78 is 40.8. The van der Waals surface area contributed by atoms with Crippen LogP contribution in [0.25, 0.3) is 0 Å². The van der Waals surface area contributed by atoms with E-state index in [1.54, 1.807) is 12.1 Å². The van der Waals surface area contributed by atoms with Gasteiger partial charge in [0.15, 0.2) is 0 Å². The van der Waals surface area contributed by atoms with Crippen LogP contribution in [0.1, 0.15) is 23.1 Å². The van der Waals surface area contributed by atoms with Crippen LogP contribution in [0.15, 0.2) is 36.4 Å². The fourth-order valence-corrected chi connectivity index (χ4v) is 3.15. The van der Waals surface area contributed by atoms with Crippen molar-refractivity contribution in [3.8, 4) is 6.07 Å². The summed E-state index contributed by atoms with van der Waals surface area (Å²) in [6.45, 7) is 1.71. The molecule has 0 atom stereocenters. The lowest BCUT2D eigenvalue weighted by Gasteiger charge is -2.22. The third-order valence-electron chi connectivity index (χ3n) is 4.60. The Morgan fingerprint density at radius 2 is 1.74 bits per heavy atom. The summed E-state index contributed by atoms with van der Waals surface area (Å²) in [5, 5.41) is 8.98. The number of hydrogen-bond acceptors (Lipinski definition) is 3. The number of amides is 1. The first-order valence-electron chi connectivity index (χ1n) is 8.59. The average molecular weight is 373 g/mol. The second-order valence-corrected chi connectivity index (χ2v) is 6.50. The van der Waals surface area contributed by atoms with Crippen LogP contribution in [0.4, 0.5) is 13.2 Å². The number of nitriles is 1. The molecular weight excluding hydrogens is 355 g/mol. The molecule has 0 aliphatic carbocycles. The molecule has 3 rings (SSSR count). The minimum Gasteiger partial charge on any atom is -0.337 e. The molecule has 0 bridgehead atoms. The van der Waals surface area contributed by atoms with Gasteiger partial charge in [0.25, 0.3) is 0 Å². The van der Waals surface area contributed by atoms with E-state index in [9.17, 15) is 18.0 Å². The van der Waals surface area contributed by atoms with Crippen molar-refractivity contribution in [2.24, 2.45) is 0 Å². The van der Waals surface area contributed by atoms with Gasteiger partial charge < -0.3 is 4.90 Å². The van der Waals surface area contributed by atoms with Gasteiger partial charge in [-0.2, -0.15) is 5.26 Å². The van der Waals surface area contributed by atoms with E-state index in [1.807, 2.05) is 12.1 Å². The van der Waals surface area contributed by atoms with E-state index in [0.717, 1.165) is 5.56 Å². The number of halogens is 3. The summed E-state index contributed by atoms with van der Waals surface area (Å²) in [5.41, 5.74) is 1.23. The Labute approximate surface area is 155 Å². The highest BCUT2D eigenvalue weighted by Gasteiger charge is 2.23. The van der Waals surface area contributed by atoms with E-state index >= 15 is 0 Å². The van der Waals surface area contributed by atoms with E-state index in [-0.39, 0.29) is 24.4 Å². The zero-order chi connectivity index (χ0) is 19.4. The third-order valence-corrected chi connectivity index (χ3v) is 4.60. The molecule has 0 N–H and O–H groups in total. The van der Waals surface area contributed by atoms with Gasteiger partial charge in [-0.25, -0.2) is 13.2 Å². The molecule has 0 saturated carbocycles. The molecule has 1 fully saturated rings. The fourth-order valence-electron chi connectivity index (χ4n) is 3.15. The first-order valence-corrected chi connectivity index (χ1v) is 8.59. The van der Waals surface area contributed by atoms with Gasteiger partial charge in [-0.1, -0.05) is 12.1 Å². The molecule has 27 heavy (non-hydrogen) atoms. The standard InChI is InChI=1S/C20H18F3N3O/c21-16-9-18(22)17(19(23)10-16)13-26-7-6-25(5-4-20(26)27)12-15-3-1-2-14(8-15)11-24/h1-3,8-10H,4-7,12-13H2. The van der Waals surface area contributed by atoms with E-state index < -0.39 is 17.5 Å². The highest BCUT2D eigenvalue weighted by molar-refractivity contribution is 5.76. The highest BCUT2D eigenvalue weighted by atomic mass is 19.1. The first-order chi connectivity index (χ1) is 13.0. The van der Waals surface area contributed by atoms with Gasteiger partial charge in [0, 0.05) is 50.3 Å². The van der Waals surface area contributed by atoms with Crippen LogP contribution in [0.5, 0.6) is 0 Å². The molecule has 0 spiro atoms. The molecule has 0 radical (unpaired) electrons. The number of rotatable bonds is 4. The van der Waals surface area contributed by atoms with Gasteiger partial charge in [-0.3, -0.25) is 9.69 Å². The lowest BCUT2D eigenvalue weighted by Crippen LogP contribution is -2.33. The van der Waals surface area contributed by atoms with Gasteiger partial charge in [0.05, 0.1) is 18.2 Å². The maximum absolute atomic E-state index is 13.9. The molecule has 140 valence electrons. The van der Waals surface area contributed by atoms with Gasteiger partial charge in [0.2, 0.25) is 5.91 Å². The van der Waals surface area contributed by atoms with E-state index in [2.05, 4.69) is 11.0 Å². The Balaban J connectivity index is 1.67. The summed E-state index contributed by atoms with van der Waals surface area (Å²) >= 11 is 0. The van der Waals surface area contributed by atoms with Gasteiger partial charge in [0.1, 0.15) is 17.5 Å². The Hall–Kier alpha value is -2.85. The molecule has 1 saturated heterocycles. The molecule has 2 aromatic rings. The fraction of sp³-hybridized carbons (Fsp3) is 0.300. The second-order valence-electron chi connectivity index (χ2n) is 6.50. The molecule has 1 heterocycles. The zero-order valence-corrected chi connectivity index (χ0v) is 14.6. The summed E-state index contributed by atoms with van der Waals surface area (Å²) in [7, 11) is 0. The third kappa shape index (κ3) is 4.66. The van der Waals surface area contributed by atoms with Crippen LogP contribution in [0, 0.1) is 28.8 Å². The quantitative estimate of drug-likeness (QED) is 0.827. The monoisotopic (exact) mass is 373 g/mol. The molecule has 1 aliphatic rings. The maximum Gasteiger partial charge on any atom is 0.224 e. The number of benzene rings is 2. The Morgan fingerprint density at radius 1 is 1.00 bits per heavy atom. The van der Waals surface area contributed by atoms with Crippen molar-refractivity contribution in [2.45, 2.75) is 19.5 Å². The van der Waals surface area contributed by atoms with Crippen molar-refractivity contribution in [1.82, 2.24) is 9.80 Å². The number of carbonyl (C=O) groups excluding carboxylic acids is 1. The average Bonchev–Trinajstić information content (AvgIpc) is 2.80. The van der Waals surface area contributed by atoms with Crippen LogP contribution in [-0.2, 0) is 17.9 Å². The normalized spacial score (nSPS) is 15.5. The molecule has 2 aromatic carbocycles. The maximum atomic E-state index is 13.9. The number of hydrogen-bond donors (Lipinski definition) is 0. The molecule has 4 nitrogen and oxygen atoms in total. The van der Waals surface area contributed by atoms with Crippen molar-refractivity contribution in [3.63, 3.8) is 0 Å². The topological polar surface area (TPSA) is 47.3 Å². The number of nitrogens with zero attached hydrogens (tertiary/aromatic N) is 3. The predicted octanol–water partition coefficient (Wildman–Crippen LogP) is 3.21. The van der Waals surface area contributed by atoms with Crippen molar-refractivity contribution < 1.29 is 18.0 Å². The largest absolute Gasteiger partial charge is 0.337 e. The van der Waals surface area contributed by atoms with E-state index in [4.69, 9.17) is 5.26 Å². The summed E-state index contributed by atoms with van der Waals surface area (Å²) in [4.78, 5) is 15.8. The minimum atomic E-state index is -0.991. The Morgan fingerprint density at radius 3 is 2.44 bits per heavy atom. The minimum absolute atomic E-state index is 0.202. The van der Waals surface area contributed by atoms with Gasteiger partial charge >= 0.3 is 0 Å². The summed E-state index contributed by atoms with van der Waals surface area (Å²) in [5.74, 6) is -3.17. The van der Waals surface area contributed by atoms with Crippen LogP contribution in [-0.4, -0.2) is 35.3 Å². The summed E-state index contributed by atoms with van der Waals surface area (Å²) in [6.07, 6.45) is 0.225. The SMILES string of the molecule is N#Cc1cccc(CN2CCC(=O)N(Cc3c(F)cc(F)cc3F)CC2)c1. The lowest BCUT2D eigenvalue weighted by atomic mass is 10.1. The molecule has 0 aromatic heterocycles. The predicted molar refractivity (Wildman–Crippen MR) is 92.8 cm³/mol. The van der Waals surface area contributed by atoms with Gasteiger partial charge in [-0.15, -0.1) is 0 Å². The molecule has 0 unspecified atom stereocenters. The van der Waals surface area contributed by atoms with Crippen LogP contribution < -0.4 is 0 Å². The zero-order valence-electron chi connectivity index (χ0n) is 14.6. The molecule has 1 aliphatic heterocycles.